The molecule has 0 spiro atoms. The normalized spacial score (nSPS) is 21.1. The zero-order valence-electron chi connectivity index (χ0n) is 12.6. The Kier molecular flexibility index (Phi) is 3.88. The van der Waals surface area contributed by atoms with Crippen molar-refractivity contribution in [3.63, 3.8) is 0 Å². The zero-order valence-corrected chi connectivity index (χ0v) is 12.6. The van der Waals surface area contributed by atoms with Crippen LogP contribution in [0.1, 0.15) is 36.9 Å². The monoisotopic (exact) mass is 286 g/mol. The van der Waals surface area contributed by atoms with Crippen molar-refractivity contribution >= 4 is 5.82 Å². The van der Waals surface area contributed by atoms with Gasteiger partial charge in [0.15, 0.2) is 0 Å². The standard InChI is InChI=1S/C15H22N6/c1-3-21-9-11(7-19-21)8-20(2)15-6-14(17-10-18-15)12-4-13(16)5-12/h6-7,9-10,12-13H,3-5,8,16H2,1-2H3. The molecule has 0 bridgehead atoms. The van der Waals surface area contributed by atoms with Crippen LogP contribution in [0.25, 0.3) is 0 Å². The highest BCUT2D eigenvalue weighted by Gasteiger charge is 2.28. The molecule has 6 heteroatoms. The molecule has 6 nitrogen and oxygen atoms in total. The van der Waals surface area contributed by atoms with Crippen molar-refractivity contribution in [3.05, 3.63) is 36.0 Å². The predicted octanol–water partition coefficient (Wildman–Crippen LogP) is 1.53. The lowest BCUT2D eigenvalue weighted by Crippen LogP contribution is -2.35. The Morgan fingerprint density at radius 3 is 2.86 bits per heavy atom. The summed E-state index contributed by atoms with van der Waals surface area (Å²) in [6.07, 6.45) is 7.70. The summed E-state index contributed by atoms with van der Waals surface area (Å²) in [6.45, 7) is 3.77. The second kappa shape index (κ2) is 5.81. The van der Waals surface area contributed by atoms with E-state index in [0.717, 1.165) is 37.4 Å². The lowest BCUT2D eigenvalue weighted by molar-refractivity contribution is 0.345. The molecule has 21 heavy (non-hydrogen) atoms. The van der Waals surface area contributed by atoms with Gasteiger partial charge in [0.2, 0.25) is 0 Å². The third-order valence-corrected chi connectivity index (χ3v) is 4.09. The van der Waals surface area contributed by atoms with Crippen molar-refractivity contribution < 1.29 is 0 Å². The molecule has 0 amide bonds. The van der Waals surface area contributed by atoms with Crippen LogP contribution >= 0.6 is 0 Å². The third-order valence-electron chi connectivity index (χ3n) is 4.09. The Hall–Kier alpha value is -1.95. The van der Waals surface area contributed by atoms with Gasteiger partial charge in [-0.15, -0.1) is 0 Å². The first-order valence-electron chi connectivity index (χ1n) is 7.45. The summed E-state index contributed by atoms with van der Waals surface area (Å²) in [7, 11) is 2.04. The number of hydrogen-bond donors (Lipinski definition) is 1. The SMILES string of the molecule is CCn1cc(CN(C)c2cc(C3CC(N)C3)ncn2)cn1. The first kappa shape index (κ1) is 14.0. The highest BCUT2D eigenvalue weighted by Crippen LogP contribution is 2.35. The summed E-state index contributed by atoms with van der Waals surface area (Å²) >= 11 is 0. The molecule has 2 N–H and O–H groups in total. The van der Waals surface area contributed by atoms with Crippen molar-refractivity contribution in [1.82, 2.24) is 19.7 Å². The summed E-state index contributed by atoms with van der Waals surface area (Å²) in [5, 5.41) is 4.30. The molecule has 1 fully saturated rings. The molecule has 2 aromatic heterocycles. The smallest absolute Gasteiger partial charge is 0.132 e. The number of aryl methyl sites for hydroxylation is 1. The van der Waals surface area contributed by atoms with Gasteiger partial charge in [-0.05, 0) is 19.8 Å². The van der Waals surface area contributed by atoms with E-state index in [-0.39, 0.29) is 0 Å². The molecule has 0 aromatic carbocycles. The second-order valence-corrected chi connectivity index (χ2v) is 5.79. The summed E-state index contributed by atoms with van der Waals surface area (Å²) in [5.41, 5.74) is 8.15. The lowest BCUT2D eigenvalue weighted by Gasteiger charge is -2.32. The maximum atomic E-state index is 5.86. The predicted molar refractivity (Wildman–Crippen MR) is 82.0 cm³/mol. The van der Waals surface area contributed by atoms with Crippen LogP contribution in [0.4, 0.5) is 5.82 Å². The zero-order chi connectivity index (χ0) is 14.8. The molecule has 0 atom stereocenters. The van der Waals surface area contributed by atoms with Crippen LogP contribution in [0.5, 0.6) is 0 Å². The molecule has 1 aliphatic rings. The molecular formula is C15H22N6. The van der Waals surface area contributed by atoms with E-state index in [4.69, 9.17) is 5.73 Å². The fourth-order valence-electron chi connectivity index (χ4n) is 2.71. The van der Waals surface area contributed by atoms with Crippen molar-refractivity contribution in [2.45, 2.75) is 44.8 Å². The molecule has 0 aliphatic heterocycles. The first-order chi connectivity index (χ1) is 10.2. The molecule has 0 unspecified atom stereocenters. The fourth-order valence-corrected chi connectivity index (χ4v) is 2.71. The minimum absolute atomic E-state index is 0.339. The van der Waals surface area contributed by atoms with Crippen molar-refractivity contribution in [3.8, 4) is 0 Å². The molecule has 0 saturated heterocycles. The number of rotatable bonds is 5. The van der Waals surface area contributed by atoms with Crippen LogP contribution in [0.3, 0.4) is 0 Å². The lowest BCUT2D eigenvalue weighted by atomic mass is 9.78. The number of aromatic nitrogens is 4. The van der Waals surface area contributed by atoms with Gasteiger partial charge in [-0.1, -0.05) is 0 Å². The number of anilines is 1. The van der Waals surface area contributed by atoms with Gasteiger partial charge in [-0.25, -0.2) is 9.97 Å². The van der Waals surface area contributed by atoms with Crippen LogP contribution in [0.2, 0.25) is 0 Å². The van der Waals surface area contributed by atoms with E-state index in [2.05, 4.69) is 39.2 Å². The van der Waals surface area contributed by atoms with Gasteiger partial charge in [-0.3, -0.25) is 4.68 Å². The van der Waals surface area contributed by atoms with Gasteiger partial charge < -0.3 is 10.6 Å². The van der Waals surface area contributed by atoms with Crippen LogP contribution in [-0.4, -0.2) is 32.8 Å². The summed E-state index contributed by atoms with van der Waals surface area (Å²) < 4.78 is 1.93. The quantitative estimate of drug-likeness (QED) is 0.902. The topological polar surface area (TPSA) is 72.9 Å². The van der Waals surface area contributed by atoms with Crippen LogP contribution < -0.4 is 10.6 Å². The van der Waals surface area contributed by atoms with Gasteiger partial charge in [0, 0.05) is 55.6 Å². The molecule has 1 saturated carbocycles. The van der Waals surface area contributed by atoms with Gasteiger partial charge >= 0.3 is 0 Å². The number of nitrogens with two attached hydrogens (primary N) is 1. The second-order valence-electron chi connectivity index (χ2n) is 5.79. The summed E-state index contributed by atoms with van der Waals surface area (Å²) in [6, 6.07) is 2.42. The van der Waals surface area contributed by atoms with E-state index < -0.39 is 0 Å². The van der Waals surface area contributed by atoms with Gasteiger partial charge in [-0.2, -0.15) is 5.10 Å². The average molecular weight is 286 g/mol. The van der Waals surface area contributed by atoms with Crippen molar-refractivity contribution in [1.29, 1.82) is 0 Å². The molecule has 2 aromatic rings. The van der Waals surface area contributed by atoms with Gasteiger partial charge in [0.25, 0.3) is 0 Å². The minimum Gasteiger partial charge on any atom is -0.355 e. The summed E-state index contributed by atoms with van der Waals surface area (Å²) in [5.74, 6) is 1.45. The largest absolute Gasteiger partial charge is 0.355 e. The van der Waals surface area contributed by atoms with Crippen molar-refractivity contribution in [2.75, 3.05) is 11.9 Å². The number of hydrogen-bond acceptors (Lipinski definition) is 5. The molecular weight excluding hydrogens is 264 g/mol. The highest BCUT2D eigenvalue weighted by atomic mass is 15.3. The van der Waals surface area contributed by atoms with Crippen LogP contribution in [-0.2, 0) is 13.1 Å². The van der Waals surface area contributed by atoms with E-state index in [1.807, 2.05) is 17.9 Å². The Balaban J connectivity index is 1.69. The highest BCUT2D eigenvalue weighted by molar-refractivity contribution is 5.40. The Labute approximate surface area is 125 Å². The van der Waals surface area contributed by atoms with Gasteiger partial charge in [0.1, 0.15) is 12.1 Å². The fraction of sp³-hybridized carbons (Fsp3) is 0.533. The Morgan fingerprint density at radius 1 is 1.38 bits per heavy atom. The van der Waals surface area contributed by atoms with E-state index >= 15 is 0 Å². The summed E-state index contributed by atoms with van der Waals surface area (Å²) in [4.78, 5) is 10.9. The van der Waals surface area contributed by atoms with E-state index in [0.29, 0.717) is 12.0 Å². The van der Waals surface area contributed by atoms with E-state index in [1.165, 1.54) is 5.56 Å². The van der Waals surface area contributed by atoms with E-state index in [1.54, 1.807) is 6.33 Å². The first-order valence-corrected chi connectivity index (χ1v) is 7.45. The average Bonchev–Trinajstić information content (AvgIpc) is 2.91. The Bertz CT molecular complexity index is 602. The maximum Gasteiger partial charge on any atom is 0.132 e. The maximum absolute atomic E-state index is 5.86. The number of nitrogens with zero attached hydrogens (tertiary/aromatic N) is 5. The Morgan fingerprint density at radius 2 is 2.19 bits per heavy atom. The van der Waals surface area contributed by atoms with Crippen LogP contribution in [0, 0.1) is 0 Å². The molecule has 3 rings (SSSR count). The van der Waals surface area contributed by atoms with Crippen molar-refractivity contribution in [2.24, 2.45) is 5.73 Å². The molecule has 0 radical (unpaired) electrons. The third kappa shape index (κ3) is 3.05. The van der Waals surface area contributed by atoms with Gasteiger partial charge in [0.05, 0.1) is 6.20 Å². The van der Waals surface area contributed by atoms with E-state index in [9.17, 15) is 0 Å². The molecule has 2 heterocycles. The minimum atomic E-state index is 0.339. The molecule has 112 valence electrons. The molecule has 1 aliphatic carbocycles. The van der Waals surface area contributed by atoms with Crippen LogP contribution in [0.15, 0.2) is 24.8 Å².